The summed E-state index contributed by atoms with van der Waals surface area (Å²) in [5.74, 6) is -0.142. The van der Waals surface area contributed by atoms with Crippen molar-refractivity contribution in [2.45, 2.75) is 64.0 Å². The molecule has 1 aliphatic carbocycles. The van der Waals surface area contributed by atoms with Crippen LogP contribution in [0.15, 0.2) is 24.3 Å². The molecule has 2 N–H and O–H groups in total. The van der Waals surface area contributed by atoms with Gasteiger partial charge in [0.05, 0.1) is 0 Å². The van der Waals surface area contributed by atoms with E-state index in [0.29, 0.717) is 37.9 Å². The Balaban J connectivity index is 1.73. The number of likely N-dealkylation sites (N-methyl/N-ethyl adjacent to an activating group) is 1. The third-order valence-electron chi connectivity index (χ3n) is 5.57. The number of benzene rings is 1. The zero-order valence-corrected chi connectivity index (χ0v) is 16.1. The van der Waals surface area contributed by atoms with Gasteiger partial charge in [-0.3, -0.25) is 14.4 Å². The number of nitrogens with zero attached hydrogens (tertiary/aromatic N) is 1. The van der Waals surface area contributed by atoms with Gasteiger partial charge in [0.1, 0.15) is 5.54 Å². The molecular weight excluding hydrogens is 342 g/mol. The number of amides is 3. The van der Waals surface area contributed by atoms with Crippen LogP contribution in [0.2, 0.25) is 0 Å². The number of nitrogens with one attached hydrogen (secondary N) is 2. The predicted octanol–water partition coefficient (Wildman–Crippen LogP) is 2.38. The Hall–Kier alpha value is -2.37. The van der Waals surface area contributed by atoms with E-state index in [-0.39, 0.29) is 17.7 Å². The van der Waals surface area contributed by atoms with Crippen molar-refractivity contribution in [3.8, 4) is 0 Å². The van der Waals surface area contributed by atoms with Crippen molar-refractivity contribution < 1.29 is 14.4 Å². The van der Waals surface area contributed by atoms with E-state index in [2.05, 4.69) is 10.6 Å². The minimum Gasteiger partial charge on any atom is -0.354 e. The summed E-state index contributed by atoms with van der Waals surface area (Å²) in [6, 6.07) is 7.36. The average molecular weight is 371 g/mol. The van der Waals surface area contributed by atoms with Crippen molar-refractivity contribution in [1.82, 2.24) is 15.5 Å². The number of rotatable bonds is 6. The summed E-state index contributed by atoms with van der Waals surface area (Å²) >= 11 is 0. The Morgan fingerprint density at radius 3 is 2.59 bits per heavy atom. The largest absolute Gasteiger partial charge is 0.354 e. The summed E-state index contributed by atoms with van der Waals surface area (Å²) in [5, 5.41) is 5.91. The average Bonchev–Trinajstić information content (AvgIpc) is 3.07. The summed E-state index contributed by atoms with van der Waals surface area (Å²) in [6.45, 7) is 3.74. The molecule has 0 bridgehead atoms. The molecule has 6 heteroatoms. The van der Waals surface area contributed by atoms with Crippen LogP contribution in [-0.4, -0.2) is 41.2 Å². The Bertz CT molecular complexity index is 710. The number of hydrogen-bond donors (Lipinski definition) is 2. The Morgan fingerprint density at radius 2 is 1.93 bits per heavy atom. The van der Waals surface area contributed by atoms with Crippen LogP contribution < -0.4 is 10.6 Å². The number of hydrogen-bond acceptors (Lipinski definition) is 3. The first-order chi connectivity index (χ1) is 13.0. The maximum Gasteiger partial charge on any atom is 0.252 e. The monoisotopic (exact) mass is 371 g/mol. The van der Waals surface area contributed by atoms with Crippen LogP contribution in [0.1, 0.15) is 67.8 Å². The highest BCUT2D eigenvalue weighted by Gasteiger charge is 2.40. The topological polar surface area (TPSA) is 78.5 Å². The molecule has 3 amide bonds. The summed E-state index contributed by atoms with van der Waals surface area (Å²) in [7, 11) is 0. The van der Waals surface area contributed by atoms with Crippen LogP contribution in [0.4, 0.5) is 0 Å². The molecule has 27 heavy (non-hydrogen) atoms. The van der Waals surface area contributed by atoms with Gasteiger partial charge in [0.2, 0.25) is 11.8 Å². The quantitative estimate of drug-likeness (QED) is 0.806. The molecule has 1 aromatic carbocycles. The SMILES string of the molecule is CCNC(=O)C1(NC(=O)c2cccc(CN3CCCC3=O)c2)CCCCC1. The molecule has 0 atom stereocenters. The number of carbonyl (C=O) groups is 3. The van der Waals surface area contributed by atoms with Crippen molar-refractivity contribution >= 4 is 17.7 Å². The molecular formula is C21H29N3O3. The van der Waals surface area contributed by atoms with Gasteiger partial charge in [-0.2, -0.15) is 0 Å². The Morgan fingerprint density at radius 1 is 1.15 bits per heavy atom. The number of carbonyl (C=O) groups excluding carboxylic acids is 3. The van der Waals surface area contributed by atoms with Gasteiger partial charge in [0.15, 0.2) is 0 Å². The fourth-order valence-electron chi connectivity index (χ4n) is 4.09. The first kappa shape index (κ1) is 19.4. The smallest absolute Gasteiger partial charge is 0.252 e. The molecule has 3 rings (SSSR count). The third kappa shape index (κ3) is 4.49. The lowest BCUT2D eigenvalue weighted by molar-refractivity contribution is -0.129. The second kappa shape index (κ2) is 8.55. The highest BCUT2D eigenvalue weighted by molar-refractivity contribution is 5.99. The summed E-state index contributed by atoms with van der Waals surface area (Å²) < 4.78 is 0. The van der Waals surface area contributed by atoms with Crippen molar-refractivity contribution in [2.24, 2.45) is 0 Å². The van der Waals surface area contributed by atoms with Crippen LogP contribution in [0.3, 0.4) is 0 Å². The molecule has 1 saturated heterocycles. The zero-order chi connectivity index (χ0) is 19.3. The van der Waals surface area contributed by atoms with Gasteiger partial charge >= 0.3 is 0 Å². The molecule has 1 heterocycles. The van der Waals surface area contributed by atoms with E-state index in [9.17, 15) is 14.4 Å². The lowest BCUT2D eigenvalue weighted by Gasteiger charge is -2.36. The molecule has 146 valence electrons. The molecule has 2 aliphatic rings. The molecule has 1 saturated carbocycles. The molecule has 1 aromatic rings. The van der Waals surface area contributed by atoms with Crippen molar-refractivity contribution in [3.05, 3.63) is 35.4 Å². The second-order valence-electron chi connectivity index (χ2n) is 7.58. The lowest BCUT2D eigenvalue weighted by atomic mass is 9.80. The minimum absolute atomic E-state index is 0.0862. The van der Waals surface area contributed by atoms with E-state index in [4.69, 9.17) is 0 Å². The predicted molar refractivity (Wildman–Crippen MR) is 103 cm³/mol. The van der Waals surface area contributed by atoms with Gasteiger partial charge in [-0.1, -0.05) is 31.4 Å². The van der Waals surface area contributed by atoms with E-state index in [1.54, 1.807) is 6.07 Å². The molecule has 2 fully saturated rings. The zero-order valence-electron chi connectivity index (χ0n) is 16.1. The van der Waals surface area contributed by atoms with Crippen molar-refractivity contribution in [2.75, 3.05) is 13.1 Å². The molecule has 0 radical (unpaired) electrons. The molecule has 1 aliphatic heterocycles. The molecule has 0 unspecified atom stereocenters. The lowest BCUT2D eigenvalue weighted by Crippen LogP contribution is -2.59. The second-order valence-corrected chi connectivity index (χ2v) is 7.58. The Kier molecular flexibility index (Phi) is 6.14. The van der Waals surface area contributed by atoms with Gasteiger partial charge in [-0.05, 0) is 43.9 Å². The van der Waals surface area contributed by atoms with Crippen LogP contribution in [-0.2, 0) is 16.1 Å². The van der Waals surface area contributed by atoms with Crippen molar-refractivity contribution in [1.29, 1.82) is 0 Å². The maximum atomic E-state index is 12.9. The highest BCUT2D eigenvalue weighted by Crippen LogP contribution is 2.29. The first-order valence-electron chi connectivity index (χ1n) is 10.0. The molecule has 0 aromatic heterocycles. The van der Waals surface area contributed by atoms with Crippen LogP contribution in [0, 0.1) is 0 Å². The fourth-order valence-corrected chi connectivity index (χ4v) is 4.09. The van der Waals surface area contributed by atoms with E-state index in [1.807, 2.05) is 30.0 Å². The van der Waals surface area contributed by atoms with Gasteiger partial charge in [-0.15, -0.1) is 0 Å². The molecule has 0 spiro atoms. The van der Waals surface area contributed by atoms with Crippen LogP contribution in [0.5, 0.6) is 0 Å². The third-order valence-corrected chi connectivity index (χ3v) is 5.57. The summed E-state index contributed by atoms with van der Waals surface area (Å²) in [5.41, 5.74) is 0.661. The van der Waals surface area contributed by atoms with Crippen LogP contribution in [0.25, 0.3) is 0 Å². The van der Waals surface area contributed by atoms with Gasteiger partial charge in [0.25, 0.3) is 5.91 Å². The minimum atomic E-state index is -0.813. The van der Waals surface area contributed by atoms with Gasteiger partial charge < -0.3 is 15.5 Å². The number of likely N-dealkylation sites (tertiary alicyclic amines) is 1. The fraction of sp³-hybridized carbons (Fsp3) is 0.571. The van der Waals surface area contributed by atoms with E-state index < -0.39 is 5.54 Å². The summed E-state index contributed by atoms with van der Waals surface area (Å²) in [6.07, 6.45) is 5.82. The molecule has 6 nitrogen and oxygen atoms in total. The van der Waals surface area contributed by atoms with Gasteiger partial charge in [-0.25, -0.2) is 0 Å². The van der Waals surface area contributed by atoms with E-state index in [0.717, 1.165) is 37.8 Å². The summed E-state index contributed by atoms with van der Waals surface area (Å²) in [4.78, 5) is 39.2. The normalized spacial score (nSPS) is 19.0. The van der Waals surface area contributed by atoms with Gasteiger partial charge in [0, 0.05) is 31.6 Å². The maximum absolute atomic E-state index is 12.9. The van der Waals surface area contributed by atoms with E-state index >= 15 is 0 Å². The Labute approximate surface area is 160 Å². The first-order valence-corrected chi connectivity index (χ1v) is 10.0. The van der Waals surface area contributed by atoms with E-state index in [1.165, 1.54) is 0 Å². The standard InChI is InChI=1S/C21H29N3O3/c1-2-22-20(27)21(11-4-3-5-12-21)23-19(26)17-9-6-8-16(14-17)15-24-13-7-10-18(24)25/h6,8-9,14H,2-5,7,10-13,15H2,1H3,(H,22,27)(H,23,26). The van der Waals surface area contributed by atoms with Crippen LogP contribution >= 0.6 is 0 Å². The van der Waals surface area contributed by atoms with Crippen molar-refractivity contribution in [3.63, 3.8) is 0 Å². The highest BCUT2D eigenvalue weighted by atomic mass is 16.2.